The lowest BCUT2D eigenvalue weighted by Crippen LogP contribution is -2.59. The first kappa shape index (κ1) is 24.8. The molecule has 38 heavy (non-hydrogen) atoms. The van der Waals surface area contributed by atoms with E-state index in [4.69, 9.17) is 11.6 Å². The van der Waals surface area contributed by atoms with Crippen LogP contribution in [0.5, 0.6) is 0 Å². The third kappa shape index (κ3) is 4.10. The molecular weight excluding hydrogens is 532 g/mol. The zero-order chi connectivity index (χ0) is 26.6. The van der Waals surface area contributed by atoms with E-state index in [9.17, 15) is 23.4 Å². The summed E-state index contributed by atoms with van der Waals surface area (Å²) < 4.78 is 28.3. The van der Waals surface area contributed by atoms with Crippen LogP contribution in [0.1, 0.15) is 10.5 Å². The zero-order valence-corrected chi connectivity index (χ0v) is 21.2. The predicted molar refractivity (Wildman–Crippen MR) is 137 cm³/mol. The van der Waals surface area contributed by atoms with Crippen molar-refractivity contribution >= 4 is 38.3 Å². The van der Waals surface area contributed by atoms with Crippen LogP contribution in [0.3, 0.4) is 0 Å². The Morgan fingerprint density at radius 3 is 2.24 bits per heavy atom. The number of hydrogen-bond acceptors (Lipinski definition) is 9. The molecule has 4 heterocycles. The molecule has 4 atom stereocenters. The van der Waals surface area contributed by atoms with Crippen LogP contribution >= 0.6 is 11.6 Å². The largest absolute Gasteiger partial charge is 0.388 e. The highest BCUT2D eigenvalue weighted by molar-refractivity contribution is 7.89. The lowest BCUT2D eigenvalue weighted by Gasteiger charge is -2.40. The number of carbonyl (C=O) groups excluding carboxylic acids is 1. The maximum absolute atomic E-state index is 13.5. The van der Waals surface area contributed by atoms with Crippen LogP contribution in [0.15, 0.2) is 72.0 Å². The molecule has 2 bridgehead atoms. The topological polar surface area (TPSA) is 150 Å². The standard InChI is InChI=1S/C25H21ClN6O5S/c26-17-3-1-16-10-18(4-2-15(16)9-17)38(36,37)31-12-20-22(33)23(34)21(13-31)32(20)25(35)19-11-28-24(30-29-19)14-5-7-27-8-6-14/h1-11,20-23,33-34H,12-13H2. The highest BCUT2D eigenvalue weighted by Gasteiger charge is 2.56. The molecule has 1 amide bonds. The number of aromatic nitrogens is 4. The molecule has 2 aromatic carbocycles. The molecular formula is C25H21ClN6O5S. The Labute approximate surface area is 222 Å². The van der Waals surface area contributed by atoms with Gasteiger partial charge in [0.05, 0.1) is 23.2 Å². The first-order valence-corrected chi connectivity index (χ1v) is 13.5. The van der Waals surface area contributed by atoms with Gasteiger partial charge >= 0.3 is 0 Å². The lowest BCUT2D eigenvalue weighted by atomic mass is 10.1. The second-order valence-electron chi connectivity index (χ2n) is 9.21. The van der Waals surface area contributed by atoms with Crippen LogP contribution in [-0.2, 0) is 10.0 Å². The molecule has 2 saturated heterocycles. The van der Waals surface area contributed by atoms with E-state index in [0.29, 0.717) is 21.8 Å². The Morgan fingerprint density at radius 1 is 0.921 bits per heavy atom. The van der Waals surface area contributed by atoms with E-state index in [1.165, 1.54) is 21.5 Å². The third-order valence-corrected chi connectivity index (χ3v) is 9.06. The van der Waals surface area contributed by atoms with Gasteiger partial charge in [-0.15, -0.1) is 10.2 Å². The summed E-state index contributed by atoms with van der Waals surface area (Å²) in [7, 11) is -3.99. The maximum atomic E-state index is 13.5. The van der Waals surface area contributed by atoms with Crippen molar-refractivity contribution in [2.75, 3.05) is 13.1 Å². The summed E-state index contributed by atoms with van der Waals surface area (Å²) in [6, 6.07) is 11.3. The summed E-state index contributed by atoms with van der Waals surface area (Å²) in [6.07, 6.45) is 1.77. The molecule has 2 fully saturated rings. The van der Waals surface area contributed by atoms with Crippen molar-refractivity contribution in [1.29, 1.82) is 0 Å². The number of carbonyl (C=O) groups is 1. The number of aliphatic hydroxyl groups is 2. The molecule has 4 unspecified atom stereocenters. The average molecular weight is 553 g/mol. The number of fused-ring (bicyclic) bond motifs is 3. The molecule has 2 aliphatic heterocycles. The Morgan fingerprint density at radius 2 is 1.58 bits per heavy atom. The second-order valence-corrected chi connectivity index (χ2v) is 11.6. The van der Waals surface area contributed by atoms with Crippen molar-refractivity contribution in [3.8, 4) is 11.4 Å². The number of aliphatic hydroxyl groups excluding tert-OH is 2. The van der Waals surface area contributed by atoms with E-state index in [-0.39, 0.29) is 23.7 Å². The molecule has 2 aromatic heterocycles. The van der Waals surface area contributed by atoms with Crippen LogP contribution in [0.4, 0.5) is 0 Å². The summed E-state index contributed by atoms with van der Waals surface area (Å²) >= 11 is 6.04. The molecule has 2 aliphatic rings. The van der Waals surface area contributed by atoms with Gasteiger partial charge in [-0.05, 0) is 47.2 Å². The quantitative estimate of drug-likeness (QED) is 0.382. The zero-order valence-electron chi connectivity index (χ0n) is 19.7. The van der Waals surface area contributed by atoms with Crippen LogP contribution in [0, 0.1) is 0 Å². The molecule has 0 saturated carbocycles. The normalized spacial score (nSPS) is 23.6. The van der Waals surface area contributed by atoms with Crippen LogP contribution in [0.25, 0.3) is 22.2 Å². The molecule has 4 aromatic rings. The summed E-state index contributed by atoms with van der Waals surface area (Å²) in [5.74, 6) is -0.294. The summed E-state index contributed by atoms with van der Waals surface area (Å²) in [5, 5.41) is 31.5. The van der Waals surface area contributed by atoms with Crippen molar-refractivity contribution < 1.29 is 23.4 Å². The van der Waals surface area contributed by atoms with Crippen molar-refractivity contribution in [2.45, 2.75) is 29.2 Å². The Balaban J connectivity index is 1.26. The lowest BCUT2D eigenvalue weighted by molar-refractivity contribution is 0.0352. The van der Waals surface area contributed by atoms with Crippen LogP contribution in [-0.4, -0.2) is 91.3 Å². The van der Waals surface area contributed by atoms with Crippen molar-refractivity contribution in [3.05, 3.63) is 77.8 Å². The maximum Gasteiger partial charge on any atom is 0.276 e. The van der Waals surface area contributed by atoms with E-state index >= 15 is 0 Å². The first-order valence-electron chi connectivity index (χ1n) is 11.7. The number of hydrogen-bond donors (Lipinski definition) is 2. The van der Waals surface area contributed by atoms with Gasteiger partial charge in [-0.1, -0.05) is 23.7 Å². The number of halogens is 1. The smallest absolute Gasteiger partial charge is 0.276 e. The van der Waals surface area contributed by atoms with Crippen molar-refractivity contribution in [2.24, 2.45) is 0 Å². The van der Waals surface area contributed by atoms with E-state index in [1.54, 1.807) is 54.9 Å². The molecule has 0 spiro atoms. The summed E-state index contributed by atoms with van der Waals surface area (Å²) in [6.45, 7) is -0.394. The number of nitrogens with zero attached hydrogens (tertiary/aromatic N) is 6. The average Bonchev–Trinajstić information content (AvgIpc) is 3.09. The minimum absolute atomic E-state index is 0.0669. The third-order valence-electron chi connectivity index (χ3n) is 7.00. The fourth-order valence-corrected chi connectivity index (χ4v) is 6.75. The fraction of sp³-hybridized carbons (Fsp3) is 0.240. The molecule has 11 nitrogen and oxygen atoms in total. The Kier molecular flexibility index (Phi) is 6.08. The Bertz CT molecular complexity index is 1620. The molecule has 0 radical (unpaired) electrons. The minimum atomic E-state index is -3.99. The summed E-state index contributed by atoms with van der Waals surface area (Å²) in [4.78, 5) is 22.9. The van der Waals surface area contributed by atoms with E-state index < -0.39 is 40.2 Å². The Hall–Kier alpha value is -3.55. The number of benzene rings is 2. The molecule has 2 N–H and O–H groups in total. The molecule has 6 rings (SSSR count). The minimum Gasteiger partial charge on any atom is -0.388 e. The van der Waals surface area contributed by atoms with Gasteiger partial charge in [0.15, 0.2) is 11.5 Å². The van der Waals surface area contributed by atoms with Gasteiger partial charge in [-0.3, -0.25) is 9.78 Å². The molecule has 194 valence electrons. The first-order chi connectivity index (χ1) is 18.2. The number of piperazine rings is 1. The van der Waals surface area contributed by atoms with Gasteiger partial charge in [-0.2, -0.15) is 4.31 Å². The van der Waals surface area contributed by atoms with Gasteiger partial charge in [-0.25, -0.2) is 13.4 Å². The van der Waals surface area contributed by atoms with E-state index in [0.717, 1.165) is 5.39 Å². The number of amides is 1. The summed E-state index contributed by atoms with van der Waals surface area (Å²) in [5.41, 5.74) is 0.594. The van der Waals surface area contributed by atoms with Gasteiger partial charge in [0.25, 0.3) is 5.91 Å². The molecule has 0 aliphatic carbocycles. The highest BCUT2D eigenvalue weighted by Crippen LogP contribution is 2.35. The van der Waals surface area contributed by atoms with E-state index in [1.807, 2.05) is 0 Å². The number of sulfonamides is 1. The van der Waals surface area contributed by atoms with Crippen molar-refractivity contribution in [3.63, 3.8) is 0 Å². The van der Waals surface area contributed by atoms with Gasteiger partial charge < -0.3 is 15.1 Å². The fourth-order valence-electron chi connectivity index (χ4n) is 5.05. The van der Waals surface area contributed by atoms with Crippen molar-refractivity contribution in [1.82, 2.24) is 29.4 Å². The SMILES string of the molecule is O=C(c1cnc(-c2ccncc2)nn1)N1C2CN(S(=O)(=O)c3ccc4cc(Cl)ccc4c3)CC1C(O)C2O. The number of rotatable bonds is 4. The highest BCUT2D eigenvalue weighted by atomic mass is 35.5. The molecule has 13 heteroatoms. The van der Waals surface area contributed by atoms with Crippen LogP contribution in [0.2, 0.25) is 5.02 Å². The monoisotopic (exact) mass is 552 g/mol. The van der Waals surface area contributed by atoms with Gasteiger partial charge in [0.2, 0.25) is 10.0 Å². The predicted octanol–water partition coefficient (Wildman–Crippen LogP) is 1.36. The second kappa shape index (κ2) is 9.33. The number of pyridine rings is 1. The van der Waals surface area contributed by atoms with Gasteiger partial charge in [0.1, 0.15) is 12.2 Å². The van der Waals surface area contributed by atoms with E-state index in [2.05, 4.69) is 20.2 Å². The van der Waals surface area contributed by atoms with Gasteiger partial charge in [0, 0.05) is 36.1 Å². The van der Waals surface area contributed by atoms with Crippen LogP contribution < -0.4 is 0 Å².